The Hall–Kier alpha value is -2.83. The second-order valence-corrected chi connectivity index (χ2v) is 8.82. The van der Waals surface area contributed by atoms with Crippen molar-refractivity contribution in [2.45, 2.75) is 32.9 Å². The molecule has 2 aromatic carbocycles. The molecule has 0 N–H and O–H groups in total. The maximum atomic E-state index is 5.54. The van der Waals surface area contributed by atoms with Crippen LogP contribution in [0.5, 0.6) is 11.5 Å². The molecule has 2 aliphatic heterocycles. The van der Waals surface area contributed by atoms with Gasteiger partial charge >= 0.3 is 0 Å². The molecule has 2 aliphatic rings. The lowest BCUT2D eigenvalue weighted by atomic mass is 9.99. The first kappa shape index (κ1) is 21.0. The van der Waals surface area contributed by atoms with Crippen molar-refractivity contribution in [2.75, 3.05) is 33.6 Å². The van der Waals surface area contributed by atoms with E-state index in [1.807, 2.05) is 6.07 Å². The fourth-order valence-electron chi connectivity index (χ4n) is 4.84. The van der Waals surface area contributed by atoms with Crippen LogP contribution in [0, 0.1) is 5.92 Å². The van der Waals surface area contributed by atoms with Gasteiger partial charge in [-0.15, -0.1) is 0 Å². The molecule has 32 heavy (non-hydrogen) atoms. The van der Waals surface area contributed by atoms with E-state index in [2.05, 4.69) is 58.9 Å². The molecule has 0 aliphatic carbocycles. The van der Waals surface area contributed by atoms with E-state index in [-0.39, 0.29) is 0 Å². The Morgan fingerprint density at radius 3 is 2.75 bits per heavy atom. The summed E-state index contributed by atoms with van der Waals surface area (Å²) in [6, 6.07) is 16.9. The Morgan fingerprint density at radius 2 is 1.91 bits per heavy atom. The summed E-state index contributed by atoms with van der Waals surface area (Å²) in [5, 5.41) is 0. The maximum Gasteiger partial charge on any atom is 0.231 e. The lowest BCUT2D eigenvalue weighted by molar-refractivity contribution is 0.174. The summed E-state index contributed by atoms with van der Waals surface area (Å²) >= 11 is 0. The number of rotatable bonds is 8. The third kappa shape index (κ3) is 4.38. The fourth-order valence-corrected chi connectivity index (χ4v) is 4.84. The molecule has 3 aromatic rings. The van der Waals surface area contributed by atoms with E-state index in [0.29, 0.717) is 19.3 Å². The molecule has 0 saturated carbocycles. The Morgan fingerprint density at radius 1 is 1.06 bits per heavy atom. The molecular weight excluding hydrogens is 402 g/mol. The van der Waals surface area contributed by atoms with E-state index in [0.717, 1.165) is 62.0 Å². The lowest BCUT2D eigenvalue weighted by Gasteiger charge is -2.31. The van der Waals surface area contributed by atoms with Crippen LogP contribution in [0.1, 0.15) is 24.0 Å². The van der Waals surface area contributed by atoms with Gasteiger partial charge in [-0.2, -0.15) is 0 Å². The molecule has 3 heterocycles. The van der Waals surface area contributed by atoms with Gasteiger partial charge in [-0.25, -0.2) is 4.98 Å². The third-order valence-corrected chi connectivity index (χ3v) is 6.33. The summed E-state index contributed by atoms with van der Waals surface area (Å²) in [7, 11) is 1.75. The number of imidazole rings is 1. The zero-order chi connectivity index (χ0) is 21.9. The SMILES string of the molecule is COCCc1nc(-c2ccccc2)c2n1CCN(CC(C)Cc1ccc3c(c1)OCO3)C2. The Bertz CT molecular complexity index is 1060. The first-order valence-corrected chi connectivity index (χ1v) is 11.4. The van der Waals surface area contributed by atoms with E-state index in [1.54, 1.807) is 7.11 Å². The molecule has 0 fully saturated rings. The number of hydrogen-bond donors (Lipinski definition) is 0. The van der Waals surface area contributed by atoms with Crippen molar-refractivity contribution < 1.29 is 14.2 Å². The number of benzene rings is 2. The zero-order valence-corrected chi connectivity index (χ0v) is 18.9. The highest BCUT2D eigenvalue weighted by Gasteiger charge is 2.25. The smallest absolute Gasteiger partial charge is 0.231 e. The average molecular weight is 434 g/mol. The van der Waals surface area contributed by atoms with Gasteiger partial charge in [0.25, 0.3) is 0 Å². The van der Waals surface area contributed by atoms with Crippen molar-refractivity contribution in [2.24, 2.45) is 5.92 Å². The van der Waals surface area contributed by atoms with Gasteiger partial charge in [-0.05, 0) is 30.0 Å². The van der Waals surface area contributed by atoms with Crippen LogP contribution in [-0.4, -0.2) is 48.1 Å². The van der Waals surface area contributed by atoms with Crippen molar-refractivity contribution in [3.05, 3.63) is 65.6 Å². The summed E-state index contributed by atoms with van der Waals surface area (Å²) in [6.45, 7) is 7.36. The van der Waals surface area contributed by atoms with Gasteiger partial charge in [0.1, 0.15) is 5.82 Å². The lowest BCUT2D eigenvalue weighted by Crippen LogP contribution is -2.37. The van der Waals surface area contributed by atoms with E-state index in [4.69, 9.17) is 19.2 Å². The molecule has 0 bridgehead atoms. The average Bonchev–Trinajstić information content (AvgIpc) is 3.42. The summed E-state index contributed by atoms with van der Waals surface area (Å²) < 4.78 is 18.7. The number of aromatic nitrogens is 2. The van der Waals surface area contributed by atoms with Crippen LogP contribution >= 0.6 is 0 Å². The van der Waals surface area contributed by atoms with Gasteiger partial charge in [0.2, 0.25) is 6.79 Å². The van der Waals surface area contributed by atoms with Gasteiger partial charge < -0.3 is 18.8 Å². The van der Waals surface area contributed by atoms with Crippen molar-refractivity contribution in [1.29, 1.82) is 0 Å². The molecule has 0 amide bonds. The molecule has 1 atom stereocenters. The minimum atomic E-state index is 0.325. The summed E-state index contributed by atoms with van der Waals surface area (Å²) in [6.07, 6.45) is 1.87. The van der Waals surface area contributed by atoms with Crippen LogP contribution in [-0.2, 0) is 30.7 Å². The minimum Gasteiger partial charge on any atom is -0.454 e. The standard InChI is InChI=1S/C26H31N3O3/c1-19(14-20-8-9-23-24(15-20)32-18-31-23)16-28-11-12-29-22(17-28)26(21-6-4-3-5-7-21)27-25(29)10-13-30-2/h3-9,15,19H,10-14,16-18H2,1-2H3. The molecule has 6 nitrogen and oxygen atoms in total. The second kappa shape index (κ2) is 9.35. The summed E-state index contributed by atoms with van der Waals surface area (Å²) in [4.78, 5) is 7.62. The van der Waals surface area contributed by atoms with Crippen LogP contribution in [0.15, 0.2) is 48.5 Å². The molecule has 0 saturated heterocycles. The first-order chi connectivity index (χ1) is 15.7. The van der Waals surface area contributed by atoms with Crippen LogP contribution in [0.25, 0.3) is 11.3 Å². The molecule has 1 unspecified atom stereocenters. The Labute approximate surface area is 189 Å². The Kier molecular flexibility index (Phi) is 6.14. The second-order valence-electron chi connectivity index (χ2n) is 8.82. The van der Waals surface area contributed by atoms with E-state index in [9.17, 15) is 0 Å². The van der Waals surface area contributed by atoms with E-state index < -0.39 is 0 Å². The number of nitrogens with zero attached hydrogens (tertiary/aromatic N) is 3. The van der Waals surface area contributed by atoms with Crippen molar-refractivity contribution in [1.82, 2.24) is 14.5 Å². The van der Waals surface area contributed by atoms with Gasteiger partial charge in [0, 0.05) is 45.3 Å². The quantitative estimate of drug-likeness (QED) is 0.534. The first-order valence-electron chi connectivity index (χ1n) is 11.4. The van der Waals surface area contributed by atoms with Gasteiger partial charge in [0.15, 0.2) is 11.5 Å². The third-order valence-electron chi connectivity index (χ3n) is 6.33. The summed E-state index contributed by atoms with van der Waals surface area (Å²) in [5.74, 6) is 3.39. The normalized spacial score (nSPS) is 16.2. The molecule has 5 rings (SSSR count). The molecule has 0 spiro atoms. The molecular formula is C26H31N3O3. The van der Waals surface area contributed by atoms with E-state index in [1.165, 1.54) is 16.8 Å². The molecule has 0 radical (unpaired) electrons. The molecule has 168 valence electrons. The number of fused-ring (bicyclic) bond motifs is 2. The monoisotopic (exact) mass is 433 g/mol. The van der Waals surface area contributed by atoms with E-state index >= 15 is 0 Å². The number of hydrogen-bond acceptors (Lipinski definition) is 5. The van der Waals surface area contributed by atoms with Gasteiger partial charge in [0.05, 0.1) is 18.0 Å². The van der Waals surface area contributed by atoms with Crippen molar-refractivity contribution in [3.63, 3.8) is 0 Å². The van der Waals surface area contributed by atoms with Gasteiger partial charge in [-0.3, -0.25) is 4.90 Å². The van der Waals surface area contributed by atoms with Crippen LogP contribution < -0.4 is 9.47 Å². The minimum absolute atomic E-state index is 0.325. The highest BCUT2D eigenvalue weighted by molar-refractivity contribution is 5.62. The van der Waals surface area contributed by atoms with Crippen molar-refractivity contribution >= 4 is 0 Å². The number of methoxy groups -OCH3 is 1. The maximum absolute atomic E-state index is 5.54. The van der Waals surface area contributed by atoms with Crippen LogP contribution in [0.2, 0.25) is 0 Å². The Balaban J connectivity index is 1.30. The molecule has 6 heteroatoms. The van der Waals surface area contributed by atoms with Crippen LogP contribution in [0.4, 0.5) is 0 Å². The predicted octanol–water partition coefficient (Wildman–Crippen LogP) is 4.16. The highest BCUT2D eigenvalue weighted by atomic mass is 16.7. The zero-order valence-electron chi connectivity index (χ0n) is 18.9. The summed E-state index contributed by atoms with van der Waals surface area (Å²) in [5.41, 5.74) is 4.93. The van der Waals surface area contributed by atoms with Crippen LogP contribution in [0.3, 0.4) is 0 Å². The number of ether oxygens (including phenoxy) is 3. The topological polar surface area (TPSA) is 48.8 Å². The highest BCUT2D eigenvalue weighted by Crippen LogP contribution is 2.33. The molecule has 1 aromatic heterocycles. The predicted molar refractivity (Wildman–Crippen MR) is 124 cm³/mol. The van der Waals surface area contributed by atoms with Gasteiger partial charge in [-0.1, -0.05) is 43.3 Å². The van der Waals surface area contributed by atoms with Crippen molar-refractivity contribution in [3.8, 4) is 22.8 Å². The largest absolute Gasteiger partial charge is 0.454 e. The fraction of sp³-hybridized carbons (Fsp3) is 0.423.